The van der Waals surface area contributed by atoms with Crippen LogP contribution >= 0.6 is 12.4 Å². The van der Waals surface area contributed by atoms with Crippen molar-refractivity contribution < 1.29 is 5.11 Å². The number of aryl methyl sites for hydroxylation is 1. The fraction of sp³-hybridized carbons (Fsp3) is 0.429. The normalized spacial score (nSPS) is 23.9. The van der Waals surface area contributed by atoms with Gasteiger partial charge in [0.2, 0.25) is 0 Å². The molecule has 18 heavy (non-hydrogen) atoms. The van der Waals surface area contributed by atoms with Gasteiger partial charge in [-0.05, 0) is 37.1 Å². The van der Waals surface area contributed by atoms with Crippen molar-refractivity contribution in [2.75, 3.05) is 13.1 Å². The molecule has 1 aliphatic rings. The topological polar surface area (TPSA) is 37.2 Å². The molecule has 3 rings (SSSR count). The van der Waals surface area contributed by atoms with Crippen LogP contribution in [0.2, 0.25) is 0 Å². The highest BCUT2D eigenvalue weighted by Gasteiger charge is 2.32. The van der Waals surface area contributed by atoms with Crippen LogP contribution in [0.1, 0.15) is 18.4 Å². The Morgan fingerprint density at radius 3 is 2.89 bits per heavy atom. The number of aliphatic hydroxyl groups is 1. The average molecular weight is 267 g/mol. The molecule has 1 aliphatic heterocycles. The van der Waals surface area contributed by atoms with Gasteiger partial charge in [0.15, 0.2) is 0 Å². The fourth-order valence-electron chi connectivity index (χ4n) is 2.83. The van der Waals surface area contributed by atoms with E-state index in [4.69, 9.17) is 0 Å². The van der Waals surface area contributed by atoms with Gasteiger partial charge in [-0.1, -0.05) is 12.1 Å². The maximum atomic E-state index is 10.8. The van der Waals surface area contributed by atoms with Crippen molar-refractivity contribution in [3.63, 3.8) is 0 Å². The molecule has 1 saturated heterocycles. The van der Waals surface area contributed by atoms with Gasteiger partial charge in [0.05, 0.1) is 0 Å². The highest BCUT2D eigenvalue weighted by molar-refractivity contribution is 5.85. The van der Waals surface area contributed by atoms with Crippen LogP contribution < -0.4 is 5.32 Å². The Kier molecular flexibility index (Phi) is 3.66. The van der Waals surface area contributed by atoms with Crippen LogP contribution in [-0.2, 0) is 12.6 Å². The Hall–Kier alpha value is -1.03. The number of β-amino-alcohol motifs (C(OH)–C–C–N with tert-alkyl or cyclic N) is 1. The van der Waals surface area contributed by atoms with Crippen molar-refractivity contribution in [2.45, 2.75) is 18.4 Å². The van der Waals surface area contributed by atoms with Gasteiger partial charge in [0.1, 0.15) is 5.60 Å². The SMILES string of the molecule is Cl.Cn1ccc2c(C3(O)CCCNC3)cccc21. The van der Waals surface area contributed by atoms with Gasteiger partial charge in [-0.3, -0.25) is 0 Å². The predicted molar refractivity (Wildman–Crippen MR) is 76.2 cm³/mol. The van der Waals surface area contributed by atoms with E-state index in [1.807, 2.05) is 19.3 Å². The molecule has 1 unspecified atom stereocenters. The number of halogens is 1. The number of piperidine rings is 1. The number of nitrogens with one attached hydrogen (secondary N) is 1. The molecule has 1 aromatic heterocycles. The molecular formula is C14H19ClN2O. The number of aromatic nitrogens is 1. The second kappa shape index (κ2) is 4.92. The Labute approximate surface area is 113 Å². The van der Waals surface area contributed by atoms with Gasteiger partial charge in [-0.15, -0.1) is 12.4 Å². The van der Waals surface area contributed by atoms with Gasteiger partial charge < -0.3 is 15.0 Å². The molecule has 1 fully saturated rings. The zero-order valence-corrected chi connectivity index (χ0v) is 11.3. The van der Waals surface area contributed by atoms with Crippen molar-refractivity contribution in [2.24, 2.45) is 7.05 Å². The summed E-state index contributed by atoms with van der Waals surface area (Å²) in [6, 6.07) is 8.27. The minimum Gasteiger partial charge on any atom is -0.384 e. The monoisotopic (exact) mass is 266 g/mol. The Morgan fingerprint density at radius 1 is 1.33 bits per heavy atom. The lowest BCUT2D eigenvalue weighted by Crippen LogP contribution is -2.43. The maximum absolute atomic E-state index is 10.8. The van der Waals surface area contributed by atoms with Crippen molar-refractivity contribution >= 4 is 23.3 Å². The molecule has 4 heteroatoms. The molecule has 2 heterocycles. The Balaban J connectivity index is 0.00000120. The van der Waals surface area contributed by atoms with Crippen LogP contribution in [0.3, 0.4) is 0 Å². The third kappa shape index (κ3) is 2.03. The molecule has 98 valence electrons. The predicted octanol–water partition coefficient (Wildman–Crippen LogP) is 2.17. The molecule has 0 radical (unpaired) electrons. The number of fused-ring (bicyclic) bond motifs is 1. The highest BCUT2D eigenvalue weighted by Crippen LogP contribution is 2.33. The quantitative estimate of drug-likeness (QED) is 0.830. The summed E-state index contributed by atoms with van der Waals surface area (Å²) >= 11 is 0. The van der Waals surface area contributed by atoms with E-state index < -0.39 is 5.60 Å². The van der Waals surface area contributed by atoms with E-state index in [9.17, 15) is 5.11 Å². The standard InChI is InChI=1S/C14H18N2O.ClH/c1-16-9-6-11-12(4-2-5-13(11)16)14(17)7-3-8-15-10-14;/h2,4-6,9,15,17H,3,7-8,10H2,1H3;1H. The van der Waals surface area contributed by atoms with E-state index in [2.05, 4.69) is 28.1 Å². The van der Waals surface area contributed by atoms with E-state index in [-0.39, 0.29) is 12.4 Å². The van der Waals surface area contributed by atoms with Crippen molar-refractivity contribution in [1.82, 2.24) is 9.88 Å². The Bertz CT molecular complexity index is 544. The molecule has 1 aromatic carbocycles. The lowest BCUT2D eigenvalue weighted by Gasteiger charge is -2.33. The first kappa shape index (κ1) is 13.4. The molecule has 2 aromatic rings. The summed E-state index contributed by atoms with van der Waals surface area (Å²) in [5, 5.41) is 15.2. The maximum Gasteiger partial charge on any atom is 0.103 e. The molecule has 0 bridgehead atoms. The minimum absolute atomic E-state index is 0. The molecular weight excluding hydrogens is 248 g/mol. The van der Waals surface area contributed by atoms with Crippen LogP contribution in [0.15, 0.2) is 30.5 Å². The fourth-order valence-corrected chi connectivity index (χ4v) is 2.83. The van der Waals surface area contributed by atoms with E-state index in [1.54, 1.807) is 0 Å². The summed E-state index contributed by atoms with van der Waals surface area (Å²) in [4.78, 5) is 0. The molecule has 3 nitrogen and oxygen atoms in total. The van der Waals surface area contributed by atoms with Crippen LogP contribution in [-0.4, -0.2) is 22.8 Å². The molecule has 0 spiro atoms. The number of hydrogen-bond acceptors (Lipinski definition) is 2. The van der Waals surface area contributed by atoms with Gasteiger partial charge in [0.25, 0.3) is 0 Å². The second-order valence-corrected chi connectivity index (χ2v) is 4.98. The van der Waals surface area contributed by atoms with Crippen LogP contribution in [0, 0.1) is 0 Å². The molecule has 0 aliphatic carbocycles. The largest absolute Gasteiger partial charge is 0.384 e. The van der Waals surface area contributed by atoms with E-state index in [1.165, 1.54) is 10.9 Å². The summed E-state index contributed by atoms with van der Waals surface area (Å²) < 4.78 is 2.10. The first-order chi connectivity index (χ1) is 8.21. The van der Waals surface area contributed by atoms with Gasteiger partial charge in [-0.2, -0.15) is 0 Å². The van der Waals surface area contributed by atoms with E-state index in [0.717, 1.165) is 24.9 Å². The van der Waals surface area contributed by atoms with Crippen molar-refractivity contribution in [3.05, 3.63) is 36.0 Å². The summed E-state index contributed by atoms with van der Waals surface area (Å²) in [5.74, 6) is 0. The number of rotatable bonds is 1. The average Bonchev–Trinajstić information content (AvgIpc) is 2.72. The van der Waals surface area contributed by atoms with Crippen molar-refractivity contribution in [3.8, 4) is 0 Å². The smallest absolute Gasteiger partial charge is 0.103 e. The number of hydrogen-bond donors (Lipinski definition) is 2. The Morgan fingerprint density at radius 2 is 2.17 bits per heavy atom. The molecule has 0 amide bonds. The zero-order valence-electron chi connectivity index (χ0n) is 10.5. The third-order valence-electron chi connectivity index (χ3n) is 3.79. The molecule has 0 saturated carbocycles. The van der Waals surface area contributed by atoms with Crippen LogP contribution in [0.25, 0.3) is 10.9 Å². The second-order valence-electron chi connectivity index (χ2n) is 4.98. The van der Waals surface area contributed by atoms with E-state index >= 15 is 0 Å². The third-order valence-corrected chi connectivity index (χ3v) is 3.79. The van der Waals surface area contributed by atoms with Gasteiger partial charge >= 0.3 is 0 Å². The van der Waals surface area contributed by atoms with Crippen LogP contribution in [0.4, 0.5) is 0 Å². The lowest BCUT2D eigenvalue weighted by molar-refractivity contribution is 0.0137. The molecule has 1 atom stereocenters. The summed E-state index contributed by atoms with van der Waals surface area (Å²) in [7, 11) is 2.04. The number of nitrogens with zero attached hydrogens (tertiary/aromatic N) is 1. The first-order valence-corrected chi connectivity index (χ1v) is 6.18. The first-order valence-electron chi connectivity index (χ1n) is 6.18. The minimum atomic E-state index is -0.709. The highest BCUT2D eigenvalue weighted by atomic mass is 35.5. The van der Waals surface area contributed by atoms with Gasteiger partial charge in [-0.25, -0.2) is 0 Å². The van der Waals surface area contributed by atoms with E-state index in [0.29, 0.717) is 6.54 Å². The zero-order chi connectivity index (χ0) is 11.9. The van der Waals surface area contributed by atoms with Crippen LogP contribution in [0.5, 0.6) is 0 Å². The molecule has 2 N–H and O–H groups in total. The number of benzene rings is 1. The summed E-state index contributed by atoms with van der Waals surface area (Å²) in [6.07, 6.45) is 3.92. The summed E-state index contributed by atoms with van der Waals surface area (Å²) in [5.41, 5.74) is 1.53. The van der Waals surface area contributed by atoms with Crippen molar-refractivity contribution in [1.29, 1.82) is 0 Å². The summed E-state index contributed by atoms with van der Waals surface area (Å²) in [6.45, 7) is 1.66. The van der Waals surface area contributed by atoms with Gasteiger partial charge in [0, 0.05) is 30.7 Å². The lowest BCUT2D eigenvalue weighted by atomic mass is 9.85.